The molecule has 3 heterocycles. The normalized spacial score (nSPS) is 24.5. The van der Waals surface area contributed by atoms with Gasteiger partial charge in [-0.15, -0.1) is 24.0 Å². The minimum atomic E-state index is -0.201. The lowest BCUT2D eigenvalue weighted by Crippen LogP contribution is -2.55. The van der Waals surface area contributed by atoms with Crippen molar-refractivity contribution < 1.29 is 9.53 Å². The van der Waals surface area contributed by atoms with Crippen molar-refractivity contribution in [3.8, 4) is 0 Å². The standard InChI is InChI=1S/C21H39N5O2.HI/c1-3-22-21(23-10-7-18-8-11-24(4-2)12-9-18)26-15-13-25(14-16-26)20(27)19-6-5-17-28-19;/h18-19H,3-17H2,1-2H3,(H,22,23);1H. The first-order valence-electron chi connectivity index (χ1n) is 11.4. The van der Waals surface area contributed by atoms with E-state index in [1.165, 1.54) is 38.9 Å². The molecular weight excluding hydrogens is 481 g/mol. The number of nitrogens with zero attached hydrogens (tertiary/aromatic N) is 4. The van der Waals surface area contributed by atoms with Gasteiger partial charge in [0.2, 0.25) is 0 Å². The Morgan fingerprint density at radius 3 is 2.31 bits per heavy atom. The molecule has 3 rings (SSSR count). The number of piperazine rings is 1. The van der Waals surface area contributed by atoms with E-state index in [-0.39, 0.29) is 36.0 Å². The Bertz CT molecular complexity index is 511. The number of carbonyl (C=O) groups is 1. The average Bonchev–Trinajstić information content (AvgIpc) is 3.28. The van der Waals surface area contributed by atoms with Crippen LogP contribution in [-0.2, 0) is 9.53 Å². The molecule has 1 N–H and O–H groups in total. The van der Waals surface area contributed by atoms with Crippen LogP contribution in [0.3, 0.4) is 0 Å². The van der Waals surface area contributed by atoms with E-state index < -0.39 is 0 Å². The summed E-state index contributed by atoms with van der Waals surface area (Å²) >= 11 is 0. The SMILES string of the molecule is CCNC(=NCCC1CCN(CC)CC1)N1CCN(C(=O)C2CCCO2)CC1.I. The summed E-state index contributed by atoms with van der Waals surface area (Å²) in [5.74, 6) is 2.01. The van der Waals surface area contributed by atoms with Crippen molar-refractivity contribution in [3.05, 3.63) is 0 Å². The summed E-state index contributed by atoms with van der Waals surface area (Å²) in [5, 5.41) is 3.44. The summed E-state index contributed by atoms with van der Waals surface area (Å²) in [4.78, 5) is 24.3. The van der Waals surface area contributed by atoms with Crippen molar-refractivity contribution in [1.82, 2.24) is 20.0 Å². The number of piperidine rings is 1. The lowest BCUT2D eigenvalue weighted by Gasteiger charge is -2.37. The molecule has 0 aromatic heterocycles. The van der Waals surface area contributed by atoms with Crippen LogP contribution in [0.25, 0.3) is 0 Å². The van der Waals surface area contributed by atoms with Crippen LogP contribution in [0.5, 0.6) is 0 Å². The Balaban J connectivity index is 0.00000300. The first-order chi connectivity index (χ1) is 13.7. The largest absolute Gasteiger partial charge is 0.368 e. The Morgan fingerprint density at radius 2 is 1.72 bits per heavy atom. The van der Waals surface area contributed by atoms with Crippen molar-refractivity contribution in [2.75, 3.05) is 65.5 Å². The number of amides is 1. The quantitative estimate of drug-likeness (QED) is 0.329. The molecule has 1 atom stereocenters. The fourth-order valence-corrected chi connectivity index (χ4v) is 4.48. The van der Waals surface area contributed by atoms with Gasteiger partial charge in [-0.2, -0.15) is 0 Å². The summed E-state index contributed by atoms with van der Waals surface area (Å²) in [6.07, 6.45) is 5.48. The Hall–Kier alpha value is -0.610. The van der Waals surface area contributed by atoms with E-state index in [4.69, 9.17) is 9.73 Å². The highest BCUT2D eigenvalue weighted by molar-refractivity contribution is 14.0. The summed E-state index contributed by atoms with van der Waals surface area (Å²) in [6, 6.07) is 0. The van der Waals surface area contributed by atoms with Crippen molar-refractivity contribution in [1.29, 1.82) is 0 Å². The molecule has 3 aliphatic rings. The second kappa shape index (κ2) is 12.9. The molecule has 0 spiro atoms. The van der Waals surface area contributed by atoms with E-state index in [1.807, 2.05) is 4.90 Å². The van der Waals surface area contributed by atoms with Crippen LogP contribution >= 0.6 is 24.0 Å². The predicted octanol–water partition coefficient (Wildman–Crippen LogP) is 2.02. The predicted molar refractivity (Wildman–Crippen MR) is 128 cm³/mol. The topological polar surface area (TPSA) is 60.4 Å². The molecule has 0 radical (unpaired) electrons. The molecule has 1 amide bonds. The molecule has 168 valence electrons. The number of ether oxygens (including phenoxy) is 1. The van der Waals surface area contributed by atoms with Gasteiger partial charge >= 0.3 is 0 Å². The van der Waals surface area contributed by atoms with Gasteiger partial charge in [0, 0.05) is 45.9 Å². The minimum Gasteiger partial charge on any atom is -0.368 e. The number of rotatable bonds is 6. The molecule has 3 aliphatic heterocycles. The third kappa shape index (κ3) is 7.24. The van der Waals surface area contributed by atoms with E-state index in [2.05, 4.69) is 29.0 Å². The first-order valence-corrected chi connectivity index (χ1v) is 11.4. The lowest BCUT2D eigenvalue weighted by atomic mass is 9.94. The third-order valence-corrected chi connectivity index (χ3v) is 6.38. The van der Waals surface area contributed by atoms with Gasteiger partial charge in [0.05, 0.1) is 0 Å². The van der Waals surface area contributed by atoms with Crippen molar-refractivity contribution in [2.24, 2.45) is 10.9 Å². The van der Waals surface area contributed by atoms with Crippen molar-refractivity contribution in [2.45, 2.75) is 52.1 Å². The van der Waals surface area contributed by atoms with Crippen LogP contribution in [0, 0.1) is 5.92 Å². The second-order valence-electron chi connectivity index (χ2n) is 8.22. The van der Waals surface area contributed by atoms with Crippen LogP contribution in [0.1, 0.15) is 46.0 Å². The van der Waals surface area contributed by atoms with Crippen molar-refractivity contribution in [3.63, 3.8) is 0 Å². The maximum atomic E-state index is 12.5. The highest BCUT2D eigenvalue weighted by atomic mass is 127. The number of likely N-dealkylation sites (tertiary alicyclic amines) is 1. The van der Waals surface area contributed by atoms with Crippen molar-refractivity contribution >= 4 is 35.8 Å². The van der Waals surface area contributed by atoms with Gasteiger partial charge in [0.25, 0.3) is 5.91 Å². The van der Waals surface area contributed by atoms with E-state index in [9.17, 15) is 4.79 Å². The Labute approximate surface area is 193 Å². The van der Waals surface area contributed by atoms with Crippen LogP contribution in [-0.4, -0.2) is 98.2 Å². The average molecular weight is 521 g/mol. The van der Waals surface area contributed by atoms with E-state index >= 15 is 0 Å². The number of aliphatic imine (C=N–C) groups is 1. The third-order valence-electron chi connectivity index (χ3n) is 6.38. The van der Waals surface area contributed by atoms with Gasteiger partial charge in [0.15, 0.2) is 5.96 Å². The highest BCUT2D eigenvalue weighted by Crippen LogP contribution is 2.20. The summed E-state index contributed by atoms with van der Waals surface area (Å²) < 4.78 is 5.56. The van der Waals surface area contributed by atoms with E-state index in [0.717, 1.165) is 70.6 Å². The summed E-state index contributed by atoms with van der Waals surface area (Å²) in [6.45, 7) is 13.8. The highest BCUT2D eigenvalue weighted by Gasteiger charge is 2.31. The zero-order valence-electron chi connectivity index (χ0n) is 18.3. The molecule has 0 bridgehead atoms. The van der Waals surface area contributed by atoms with E-state index in [1.54, 1.807) is 0 Å². The molecule has 1 unspecified atom stereocenters. The Morgan fingerprint density at radius 1 is 1.03 bits per heavy atom. The molecule has 3 fully saturated rings. The smallest absolute Gasteiger partial charge is 0.251 e. The number of halogens is 1. The lowest BCUT2D eigenvalue weighted by molar-refractivity contribution is -0.142. The summed E-state index contributed by atoms with van der Waals surface area (Å²) in [7, 11) is 0. The second-order valence-corrected chi connectivity index (χ2v) is 8.22. The number of hydrogen-bond acceptors (Lipinski definition) is 4. The fourth-order valence-electron chi connectivity index (χ4n) is 4.48. The molecule has 0 aromatic carbocycles. The zero-order chi connectivity index (χ0) is 19.8. The van der Waals surface area contributed by atoms with E-state index in [0.29, 0.717) is 0 Å². The molecule has 0 aromatic rings. The molecule has 3 saturated heterocycles. The number of hydrogen-bond donors (Lipinski definition) is 1. The van der Waals surface area contributed by atoms with Gasteiger partial charge in [-0.3, -0.25) is 9.79 Å². The van der Waals surface area contributed by atoms with Gasteiger partial charge in [-0.25, -0.2) is 0 Å². The zero-order valence-corrected chi connectivity index (χ0v) is 20.6. The van der Waals surface area contributed by atoms with Crippen LogP contribution in [0.2, 0.25) is 0 Å². The first kappa shape index (κ1) is 24.7. The Kier molecular flexibility index (Phi) is 11.0. The van der Waals surface area contributed by atoms with Gasteiger partial charge < -0.3 is 24.8 Å². The fraction of sp³-hybridized carbons (Fsp3) is 0.905. The van der Waals surface area contributed by atoms with Crippen LogP contribution in [0.4, 0.5) is 0 Å². The number of nitrogens with one attached hydrogen (secondary N) is 1. The maximum Gasteiger partial charge on any atom is 0.251 e. The minimum absolute atomic E-state index is 0. The number of carbonyl (C=O) groups excluding carboxylic acids is 1. The molecule has 8 heteroatoms. The van der Waals surface area contributed by atoms with Crippen LogP contribution in [0.15, 0.2) is 4.99 Å². The molecule has 0 aliphatic carbocycles. The van der Waals surface area contributed by atoms with Gasteiger partial charge in [0.1, 0.15) is 6.10 Å². The van der Waals surface area contributed by atoms with Gasteiger partial charge in [-0.1, -0.05) is 6.92 Å². The maximum absolute atomic E-state index is 12.5. The molecule has 0 saturated carbocycles. The molecule has 7 nitrogen and oxygen atoms in total. The monoisotopic (exact) mass is 521 g/mol. The molecule has 29 heavy (non-hydrogen) atoms. The number of guanidine groups is 1. The van der Waals surface area contributed by atoms with Crippen LogP contribution < -0.4 is 5.32 Å². The summed E-state index contributed by atoms with van der Waals surface area (Å²) in [5.41, 5.74) is 0. The van der Waals surface area contributed by atoms with Gasteiger partial charge in [-0.05, 0) is 64.6 Å². The molecular formula is C21H40IN5O2.